The highest BCUT2D eigenvalue weighted by Gasteiger charge is 2.45. The molecule has 2 unspecified atom stereocenters. The van der Waals surface area contributed by atoms with Crippen molar-refractivity contribution in [3.8, 4) is 0 Å². The van der Waals surface area contributed by atoms with E-state index in [4.69, 9.17) is 9.84 Å². The lowest BCUT2D eigenvalue weighted by Gasteiger charge is -2.37. The number of carboxylic acids is 1. The van der Waals surface area contributed by atoms with E-state index in [1.807, 2.05) is 0 Å². The number of aliphatic carboxylic acids is 1. The average Bonchev–Trinajstić information content (AvgIpc) is 2.76. The van der Waals surface area contributed by atoms with Crippen molar-refractivity contribution in [1.82, 2.24) is 10.2 Å². The number of ether oxygens (including phenoxy) is 1. The summed E-state index contributed by atoms with van der Waals surface area (Å²) in [6.07, 6.45) is 1.32. The number of nitrogens with one attached hydrogen (secondary N) is 1. The van der Waals surface area contributed by atoms with Crippen LogP contribution in [0.25, 0.3) is 0 Å². The van der Waals surface area contributed by atoms with E-state index in [1.54, 1.807) is 6.92 Å². The van der Waals surface area contributed by atoms with E-state index < -0.39 is 23.5 Å². The molecule has 0 saturated carbocycles. The molecule has 2 aliphatic heterocycles. The van der Waals surface area contributed by atoms with Crippen molar-refractivity contribution in [1.29, 1.82) is 0 Å². The van der Waals surface area contributed by atoms with Crippen LogP contribution in [0, 0.1) is 0 Å². The van der Waals surface area contributed by atoms with E-state index in [1.165, 1.54) is 0 Å². The number of nitrogens with zero attached hydrogens (tertiary/aromatic N) is 1. The average molecular weight is 256 g/mol. The van der Waals surface area contributed by atoms with E-state index in [0.717, 1.165) is 11.3 Å². The predicted octanol–water partition coefficient (Wildman–Crippen LogP) is -1.03. The molecule has 0 aromatic rings. The summed E-state index contributed by atoms with van der Waals surface area (Å²) in [4.78, 5) is 35.9. The molecule has 0 spiro atoms. The van der Waals surface area contributed by atoms with E-state index in [0.29, 0.717) is 13.0 Å². The number of amides is 2. The fourth-order valence-corrected chi connectivity index (χ4v) is 2.33. The summed E-state index contributed by atoms with van der Waals surface area (Å²) in [7, 11) is 0. The summed E-state index contributed by atoms with van der Waals surface area (Å²) < 4.78 is 5.40. The number of carbonyl (C=O) groups is 3. The Morgan fingerprint density at radius 3 is 2.83 bits per heavy atom. The molecule has 2 amide bonds. The smallest absolute Gasteiger partial charge is 0.328 e. The topological polar surface area (TPSA) is 95.9 Å². The van der Waals surface area contributed by atoms with Crippen LogP contribution in [-0.4, -0.2) is 59.1 Å². The quantitative estimate of drug-likeness (QED) is 0.658. The minimum absolute atomic E-state index is 0.0595. The Morgan fingerprint density at radius 1 is 1.56 bits per heavy atom. The molecule has 100 valence electrons. The second-order valence-corrected chi connectivity index (χ2v) is 4.77. The first-order valence-corrected chi connectivity index (χ1v) is 5.88. The molecular weight excluding hydrogens is 240 g/mol. The number of carboxylic acid groups (broad SMARTS) is 1. The third-order valence-corrected chi connectivity index (χ3v) is 3.40. The molecule has 0 aromatic carbocycles. The maximum absolute atomic E-state index is 12.3. The molecule has 2 rings (SSSR count). The van der Waals surface area contributed by atoms with Crippen LogP contribution in [0.5, 0.6) is 0 Å². The molecular formula is C11H16N2O5. The van der Waals surface area contributed by atoms with Gasteiger partial charge in [-0.1, -0.05) is 0 Å². The van der Waals surface area contributed by atoms with Crippen LogP contribution in [0.1, 0.15) is 19.8 Å². The third-order valence-electron chi connectivity index (χ3n) is 3.40. The molecule has 2 aliphatic rings. The van der Waals surface area contributed by atoms with E-state index in [9.17, 15) is 14.4 Å². The molecule has 2 heterocycles. The van der Waals surface area contributed by atoms with Crippen LogP contribution < -0.4 is 5.32 Å². The minimum atomic E-state index is -1.12. The number of rotatable bonds is 2. The number of hydrogen-bond donors (Lipinski definition) is 2. The number of carbonyl (C=O) groups excluding carboxylic acids is 2. The molecule has 2 N–H and O–H groups in total. The van der Waals surface area contributed by atoms with E-state index in [-0.39, 0.29) is 19.0 Å². The van der Waals surface area contributed by atoms with Gasteiger partial charge in [0.25, 0.3) is 5.91 Å². The lowest BCUT2D eigenvalue weighted by molar-refractivity contribution is -0.164. The largest absolute Gasteiger partial charge is 0.480 e. The van der Waals surface area contributed by atoms with Gasteiger partial charge in [0.05, 0.1) is 0 Å². The fraction of sp³-hybridized carbons (Fsp3) is 0.727. The highest BCUT2D eigenvalue weighted by Crippen LogP contribution is 2.28. The van der Waals surface area contributed by atoms with Gasteiger partial charge in [-0.15, -0.1) is 0 Å². The van der Waals surface area contributed by atoms with Crippen LogP contribution in [0.15, 0.2) is 0 Å². The van der Waals surface area contributed by atoms with Crippen molar-refractivity contribution in [3.63, 3.8) is 0 Å². The molecule has 2 atom stereocenters. The van der Waals surface area contributed by atoms with Gasteiger partial charge in [-0.25, -0.2) is 4.79 Å². The Labute approximate surface area is 104 Å². The molecule has 2 saturated heterocycles. The van der Waals surface area contributed by atoms with Crippen molar-refractivity contribution in [2.45, 2.75) is 31.4 Å². The first-order valence-electron chi connectivity index (χ1n) is 5.88. The van der Waals surface area contributed by atoms with Crippen molar-refractivity contribution in [3.05, 3.63) is 0 Å². The van der Waals surface area contributed by atoms with Gasteiger partial charge in [-0.05, 0) is 19.8 Å². The van der Waals surface area contributed by atoms with E-state index in [2.05, 4.69) is 5.32 Å². The summed E-state index contributed by atoms with van der Waals surface area (Å²) in [5, 5.41) is 11.5. The lowest BCUT2D eigenvalue weighted by atomic mass is 9.99. The number of piperazine rings is 1. The van der Waals surface area contributed by atoms with Gasteiger partial charge in [-0.3, -0.25) is 9.59 Å². The van der Waals surface area contributed by atoms with Gasteiger partial charge < -0.3 is 20.1 Å². The zero-order valence-corrected chi connectivity index (χ0v) is 10.1. The highest BCUT2D eigenvalue weighted by molar-refractivity contribution is 5.94. The Hall–Kier alpha value is -1.63. The maximum Gasteiger partial charge on any atom is 0.328 e. The van der Waals surface area contributed by atoms with Gasteiger partial charge in [-0.2, -0.15) is 0 Å². The standard InChI is InChI=1S/C11H16N2O5/c1-11(3-2-4-18-11)10(17)13-6-8(14)12-5-7(13)9(15)16/h7H,2-6H2,1H3,(H,12,14)(H,15,16). The van der Waals surface area contributed by atoms with Gasteiger partial charge in [0.1, 0.15) is 18.2 Å². The summed E-state index contributed by atoms with van der Waals surface area (Å²) in [5.41, 5.74) is -0.995. The Balaban J connectivity index is 2.19. The zero-order valence-electron chi connectivity index (χ0n) is 10.1. The molecule has 2 fully saturated rings. The van der Waals surface area contributed by atoms with Crippen LogP contribution in [0.2, 0.25) is 0 Å². The molecule has 0 bridgehead atoms. The van der Waals surface area contributed by atoms with Crippen LogP contribution in [0.3, 0.4) is 0 Å². The summed E-state index contributed by atoms with van der Waals surface area (Å²) in [6, 6.07) is -1.02. The van der Waals surface area contributed by atoms with E-state index >= 15 is 0 Å². The van der Waals surface area contributed by atoms with Crippen molar-refractivity contribution < 1.29 is 24.2 Å². The lowest BCUT2D eigenvalue weighted by Crippen LogP contribution is -2.63. The molecule has 0 radical (unpaired) electrons. The molecule has 7 heteroatoms. The van der Waals surface area contributed by atoms with Crippen molar-refractivity contribution >= 4 is 17.8 Å². The normalized spacial score (nSPS) is 32.2. The summed E-state index contributed by atoms with van der Waals surface area (Å²) in [5.74, 6) is -1.88. The summed E-state index contributed by atoms with van der Waals surface area (Å²) in [6.45, 7) is 1.85. The molecule has 18 heavy (non-hydrogen) atoms. The maximum atomic E-state index is 12.3. The zero-order chi connectivity index (χ0) is 13.3. The second-order valence-electron chi connectivity index (χ2n) is 4.77. The van der Waals surface area contributed by atoms with Gasteiger partial charge in [0.15, 0.2) is 0 Å². The molecule has 0 aromatic heterocycles. The van der Waals surface area contributed by atoms with Crippen LogP contribution >= 0.6 is 0 Å². The molecule has 7 nitrogen and oxygen atoms in total. The Kier molecular flexibility index (Phi) is 3.25. The first-order chi connectivity index (χ1) is 8.44. The van der Waals surface area contributed by atoms with Crippen molar-refractivity contribution in [2.24, 2.45) is 0 Å². The Morgan fingerprint density at radius 2 is 2.28 bits per heavy atom. The van der Waals surface area contributed by atoms with Gasteiger partial charge in [0.2, 0.25) is 5.91 Å². The monoisotopic (exact) mass is 256 g/mol. The first kappa shape index (κ1) is 12.8. The third kappa shape index (κ3) is 2.17. The molecule has 0 aliphatic carbocycles. The Bertz CT molecular complexity index is 389. The summed E-state index contributed by atoms with van der Waals surface area (Å²) >= 11 is 0. The second kappa shape index (κ2) is 4.56. The SMILES string of the molecule is CC1(C(=O)N2CC(=O)NCC2C(=O)O)CCCO1. The van der Waals surface area contributed by atoms with Crippen molar-refractivity contribution in [2.75, 3.05) is 19.7 Å². The highest BCUT2D eigenvalue weighted by atomic mass is 16.5. The fourth-order valence-electron chi connectivity index (χ4n) is 2.33. The number of hydrogen-bond acceptors (Lipinski definition) is 4. The van der Waals surface area contributed by atoms with Crippen LogP contribution in [0.4, 0.5) is 0 Å². The van der Waals surface area contributed by atoms with Gasteiger partial charge >= 0.3 is 5.97 Å². The predicted molar refractivity (Wildman–Crippen MR) is 59.7 cm³/mol. The van der Waals surface area contributed by atoms with Gasteiger partial charge in [0, 0.05) is 13.2 Å². The minimum Gasteiger partial charge on any atom is -0.480 e. The van der Waals surface area contributed by atoms with Crippen LogP contribution in [-0.2, 0) is 19.1 Å².